The number of alkyl halides is 2. The van der Waals surface area contributed by atoms with Crippen molar-refractivity contribution in [2.75, 3.05) is 19.0 Å². The van der Waals surface area contributed by atoms with Gasteiger partial charge in [-0.2, -0.15) is 8.62 Å². The van der Waals surface area contributed by atoms with Gasteiger partial charge in [0.25, 0.3) is 0 Å². The van der Waals surface area contributed by atoms with Gasteiger partial charge in [-0.3, -0.25) is 9.09 Å². The highest BCUT2D eigenvalue weighted by Gasteiger charge is 2.58. The average Bonchev–Trinajstić information content (AvgIpc) is 3.22. The van der Waals surface area contributed by atoms with Gasteiger partial charge in [0.1, 0.15) is 30.0 Å². The standard InChI is InChI=1S/C13H16F2N5O12P3S/c14-3-1-2-13(15)8(21)6(4-29-34(25,26)32-35(27,28)31-33(22,23)24)30-11(13)20-5-17-7-9(20)18-12(16)19-10(7)36/h5-6,8,11,21H,3-4H2,(H,25,26)(H,27,28)(H2,22,23,24)(H3,16,18,19,36)/t6-,8+,11-,13?/m1/s1/i4D2. The number of aliphatic hydroxyl groups excluding tert-OH is 1. The lowest BCUT2D eigenvalue weighted by molar-refractivity contribution is -0.0496. The first kappa shape index (κ1) is 25.9. The van der Waals surface area contributed by atoms with Crippen LogP contribution in [-0.2, 0) is 31.6 Å². The number of anilines is 1. The van der Waals surface area contributed by atoms with Gasteiger partial charge in [0.05, 0.1) is 15.6 Å². The number of nitrogens with zero attached hydrogens (tertiary/aromatic N) is 3. The largest absolute Gasteiger partial charge is 0.490 e. The monoisotopic (exact) mass is 599 g/mol. The molecule has 8 N–H and O–H groups in total. The van der Waals surface area contributed by atoms with Crippen LogP contribution in [-0.4, -0.2) is 75.3 Å². The van der Waals surface area contributed by atoms with Crippen LogP contribution in [0.3, 0.4) is 0 Å². The maximum Gasteiger partial charge on any atom is 0.490 e. The molecule has 0 spiro atoms. The number of nitrogens with one attached hydrogen (secondary N) is 1. The molecular formula is C13H16F2N5O12P3S. The van der Waals surface area contributed by atoms with Gasteiger partial charge in [-0.15, -0.1) is 0 Å². The number of fused-ring (bicyclic) bond motifs is 1. The first-order valence-electron chi connectivity index (χ1n) is 9.87. The SMILES string of the molecule is [2H]C([2H])(OP(=O)(O)OP(=O)(O)OP(=O)(O)O)[C@H]1O[C@@H](n2cnc3c(=S)nc(N)[nH]c32)C(F)(C#CCF)[C@H]1O. The molecule has 0 amide bonds. The fourth-order valence-corrected chi connectivity index (χ4v) is 6.01. The summed E-state index contributed by atoms with van der Waals surface area (Å²) in [4.78, 5) is 46.2. The molecule has 0 aliphatic carbocycles. The minimum atomic E-state index is -6.13. The van der Waals surface area contributed by atoms with Gasteiger partial charge in [0.2, 0.25) is 5.67 Å². The van der Waals surface area contributed by atoms with Gasteiger partial charge in [-0.1, -0.05) is 24.1 Å². The summed E-state index contributed by atoms with van der Waals surface area (Å²) in [6.45, 7) is -5.20. The number of hydrogen-bond acceptors (Lipinski definition) is 12. The quantitative estimate of drug-likeness (QED) is 0.123. The zero-order valence-corrected chi connectivity index (χ0v) is 20.5. The first-order chi connectivity index (χ1) is 17.2. The van der Waals surface area contributed by atoms with Gasteiger partial charge >= 0.3 is 23.5 Å². The Labute approximate surface area is 206 Å². The number of aromatic amines is 1. The third-order valence-electron chi connectivity index (χ3n) is 4.12. The molecule has 3 heterocycles. The summed E-state index contributed by atoms with van der Waals surface area (Å²) in [6, 6.07) is 0. The Bertz CT molecular complexity index is 1510. The predicted molar refractivity (Wildman–Crippen MR) is 114 cm³/mol. The zero-order chi connectivity index (χ0) is 28.9. The number of ether oxygens (including phenoxy) is 1. The summed E-state index contributed by atoms with van der Waals surface area (Å²) >= 11 is 4.99. The Hall–Kier alpha value is -1.68. The Kier molecular flexibility index (Phi) is 7.38. The normalized spacial score (nSPS) is 29.0. The summed E-state index contributed by atoms with van der Waals surface area (Å²) in [7, 11) is -17.9. The van der Waals surface area contributed by atoms with Crippen LogP contribution in [0.15, 0.2) is 6.33 Å². The number of nitrogen functional groups attached to an aromatic ring is 1. The highest BCUT2D eigenvalue weighted by Crippen LogP contribution is 2.66. The molecule has 36 heavy (non-hydrogen) atoms. The Morgan fingerprint density at radius 3 is 2.61 bits per heavy atom. The molecule has 1 saturated heterocycles. The molecule has 1 fully saturated rings. The Morgan fingerprint density at radius 2 is 2.00 bits per heavy atom. The van der Waals surface area contributed by atoms with Gasteiger partial charge < -0.3 is 40.1 Å². The van der Waals surface area contributed by atoms with Crippen molar-refractivity contribution in [1.82, 2.24) is 19.5 Å². The van der Waals surface area contributed by atoms with E-state index in [4.69, 9.17) is 35.2 Å². The van der Waals surface area contributed by atoms with Crippen LogP contribution in [0.4, 0.5) is 14.7 Å². The van der Waals surface area contributed by atoms with Crippen molar-refractivity contribution in [1.29, 1.82) is 0 Å². The second kappa shape index (κ2) is 10.2. The van der Waals surface area contributed by atoms with E-state index in [-0.39, 0.29) is 21.8 Å². The van der Waals surface area contributed by atoms with Gasteiger partial charge in [0, 0.05) is 0 Å². The van der Waals surface area contributed by atoms with Gasteiger partial charge in [0.15, 0.2) is 16.8 Å². The number of aromatic nitrogens is 4. The van der Waals surface area contributed by atoms with Crippen molar-refractivity contribution in [3.05, 3.63) is 11.0 Å². The van der Waals surface area contributed by atoms with E-state index < -0.39 is 60.8 Å². The molecule has 0 aromatic carbocycles. The number of nitrogens with two attached hydrogens (primary N) is 1. The molecule has 3 unspecified atom stereocenters. The molecule has 3 rings (SSSR count). The lowest BCUT2D eigenvalue weighted by Crippen LogP contribution is -2.42. The molecule has 1 aliphatic rings. The summed E-state index contributed by atoms with van der Waals surface area (Å²) in [5, 5.41) is 10.6. The topological polar surface area (TPSA) is 262 Å². The highest BCUT2D eigenvalue weighted by atomic mass is 32.1. The van der Waals surface area contributed by atoms with E-state index in [2.05, 4.69) is 28.1 Å². The van der Waals surface area contributed by atoms with E-state index in [1.807, 2.05) is 0 Å². The van der Waals surface area contributed by atoms with Gasteiger partial charge in [-0.25, -0.2) is 32.4 Å². The van der Waals surface area contributed by atoms with Crippen LogP contribution in [0, 0.1) is 16.5 Å². The molecule has 0 saturated carbocycles. The van der Waals surface area contributed by atoms with Crippen LogP contribution >= 0.6 is 35.7 Å². The second-order valence-corrected chi connectivity index (χ2v) is 11.4. The number of imidazole rings is 1. The number of halogens is 2. The number of rotatable bonds is 8. The Morgan fingerprint density at radius 1 is 1.33 bits per heavy atom. The fraction of sp³-hybridized carbons (Fsp3) is 0.462. The van der Waals surface area contributed by atoms with Crippen LogP contribution in [0.5, 0.6) is 0 Å². The van der Waals surface area contributed by atoms with Crippen molar-refractivity contribution in [2.24, 2.45) is 0 Å². The Balaban J connectivity index is 2.01. The van der Waals surface area contributed by atoms with Crippen molar-refractivity contribution in [3.63, 3.8) is 0 Å². The fourth-order valence-electron chi connectivity index (χ4n) is 2.89. The van der Waals surface area contributed by atoms with E-state index in [0.29, 0.717) is 0 Å². The number of H-pyrrole nitrogens is 1. The molecule has 2 aromatic heterocycles. The lowest BCUT2D eigenvalue weighted by Gasteiger charge is -2.24. The van der Waals surface area contributed by atoms with E-state index in [0.717, 1.165) is 10.9 Å². The lowest BCUT2D eigenvalue weighted by atomic mass is 9.96. The molecule has 17 nitrogen and oxygen atoms in total. The zero-order valence-electron chi connectivity index (χ0n) is 19.0. The highest BCUT2D eigenvalue weighted by molar-refractivity contribution is 7.71. The maximum atomic E-state index is 16.1. The molecule has 0 radical (unpaired) electrons. The summed E-state index contributed by atoms with van der Waals surface area (Å²) < 4.78 is 96.0. The second-order valence-electron chi connectivity index (χ2n) is 6.63. The van der Waals surface area contributed by atoms with Crippen LogP contribution < -0.4 is 5.73 Å². The van der Waals surface area contributed by atoms with Crippen LogP contribution in [0.2, 0.25) is 0 Å². The van der Waals surface area contributed by atoms with Crippen molar-refractivity contribution >= 4 is 52.8 Å². The van der Waals surface area contributed by atoms with Crippen LogP contribution in [0.25, 0.3) is 11.2 Å². The smallest absolute Gasteiger partial charge is 0.386 e. The van der Waals surface area contributed by atoms with Crippen molar-refractivity contribution in [3.8, 4) is 11.8 Å². The van der Waals surface area contributed by atoms with E-state index in [1.54, 1.807) is 11.8 Å². The van der Waals surface area contributed by atoms with Crippen molar-refractivity contribution < 1.29 is 67.8 Å². The maximum absolute atomic E-state index is 16.1. The molecule has 23 heteroatoms. The average molecular weight is 599 g/mol. The molecule has 0 bridgehead atoms. The third kappa shape index (κ3) is 6.41. The predicted octanol–water partition coefficient (Wildman–Crippen LogP) is 0.354. The number of phosphoric ester groups is 1. The number of phosphoric acid groups is 3. The van der Waals surface area contributed by atoms with Gasteiger partial charge in [-0.05, 0) is 0 Å². The third-order valence-corrected chi connectivity index (χ3v) is 8.06. The molecule has 1 aliphatic heterocycles. The van der Waals surface area contributed by atoms with E-state index in [1.165, 1.54) is 0 Å². The minimum Gasteiger partial charge on any atom is -0.386 e. The van der Waals surface area contributed by atoms with Crippen molar-refractivity contribution in [2.45, 2.75) is 24.1 Å². The molecular weight excluding hydrogens is 581 g/mol. The molecule has 200 valence electrons. The van der Waals surface area contributed by atoms with E-state index in [9.17, 15) is 33.0 Å². The summed E-state index contributed by atoms with van der Waals surface area (Å²) in [5.74, 6) is 3.18. The summed E-state index contributed by atoms with van der Waals surface area (Å²) in [5.41, 5.74) is 1.99. The minimum absolute atomic E-state index is 0.0622. The van der Waals surface area contributed by atoms with E-state index >= 15 is 4.39 Å². The number of aliphatic hydroxyl groups is 1. The number of hydrogen-bond donors (Lipinski definition) is 7. The first-order valence-corrected chi connectivity index (χ1v) is 13.8. The summed E-state index contributed by atoms with van der Waals surface area (Å²) in [6.07, 6.45) is -6.61. The molecule has 2 aromatic rings. The molecule has 6 atom stereocenters. The van der Waals surface area contributed by atoms with Crippen LogP contribution in [0.1, 0.15) is 8.97 Å².